The maximum atomic E-state index is 2.75. The van der Waals surface area contributed by atoms with Crippen LogP contribution in [0.2, 0.25) is 18.1 Å². The number of quaternary nitrogens is 1. The predicted molar refractivity (Wildman–Crippen MR) is 134 cm³/mol. The first-order valence-corrected chi connectivity index (χ1v) is 15.6. The molecule has 0 rings (SSSR count). The standard InChI is InChI=1S/C26H58NSi/c1-13-17-21-27(22-18-14-2,23-19-15-3)26(20-16-4,24(5,6)7)28(11,12)25(8,9)10/h13-23H2,1-12H3/q+1. The van der Waals surface area contributed by atoms with E-state index in [1.54, 1.807) is 0 Å². The van der Waals surface area contributed by atoms with Crippen molar-refractivity contribution in [3.8, 4) is 0 Å². The van der Waals surface area contributed by atoms with Crippen molar-refractivity contribution >= 4 is 8.07 Å². The van der Waals surface area contributed by atoms with Crippen LogP contribution in [-0.2, 0) is 0 Å². The number of hydrogen-bond acceptors (Lipinski definition) is 0. The normalized spacial score (nSPS) is 16.3. The Kier molecular flexibility index (Phi) is 11.1. The van der Waals surface area contributed by atoms with Gasteiger partial charge in [0.15, 0.2) is 0 Å². The second-order valence-electron chi connectivity index (χ2n) is 12.1. The summed E-state index contributed by atoms with van der Waals surface area (Å²) in [5.41, 5.74) is 0.321. The second-order valence-corrected chi connectivity index (χ2v) is 17.7. The first-order chi connectivity index (χ1) is 12.7. The van der Waals surface area contributed by atoms with Crippen molar-refractivity contribution in [3.05, 3.63) is 0 Å². The highest BCUT2D eigenvalue weighted by Gasteiger charge is 2.68. The van der Waals surface area contributed by atoms with Crippen molar-refractivity contribution in [2.24, 2.45) is 5.41 Å². The summed E-state index contributed by atoms with van der Waals surface area (Å²) in [5, 5.41) is 0.816. The zero-order valence-corrected chi connectivity index (χ0v) is 23.2. The van der Waals surface area contributed by atoms with Crippen molar-refractivity contribution in [1.82, 2.24) is 0 Å². The smallest absolute Gasteiger partial charge is 0.127 e. The predicted octanol–water partition coefficient (Wildman–Crippen LogP) is 8.84. The van der Waals surface area contributed by atoms with Gasteiger partial charge in [0.05, 0.1) is 24.8 Å². The van der Waals surface area contributed by atoms with Crippen molar-refractivity contribution in [2.45, 2.75) is 144 Å². The average Bonchev–Trinajstić information content (AvgIpc) is 2.57. The summed E-state index contributed by atoms with van der Waals surface area (Å²) in [6.07, 6.45) is 10.8. The molecule has 0 saturated heterocycles. The summed E-state index contributed by atoms with van der Waals surface area (Å²) in [6.45, 7) is 34.8. The maximum Gasteiger partial charge on any atom is 0.127 e. The molecule has 0 spiro atoms. The fraction of sp³-hybridized carbons (Fsp3) is 1.00. The van der Waals surface area contributed by atoms with Crippen LogP contribution >= 0.6 is 0 Å². The molecule has 0 N–H and O–H groups in total. The fourth-order valence-corrected chi connectivity index (χ4v) is 12.0. The van der Waals surface area contributed by atoms with Crippen LogP contribution in [0, 0.1) is 5.41 Å². The zero-order valence-electron chi connectivity index (χ0n) is 22.2. The lowest BCUT2D eigenvalue weighted by atomic mass is 9.79. The molecule has 0 aliphatic rings. The molecular weight excluding hydrogens is 354 g/mol. The molecule has 170 valence electrons. The lowest BCUT2D eigenvalue weighted by Gasteiger charge is -2.68. The third kappa shape index (κ3) is 5.45. The highest BCUT2D eigenvalue weighted by molar-refractivity contribution is 6.83. The lowest BCUT2D eigenvalue weighted by Crippen LogP contribution is -2.81. The Morgan fingerprint density at radius 1 is 0.607 bits per heavy atom. The van der Waals surface area contributed by atoms with Gasteiger partial charge in [-0.3, -0.25) is 0 Å². The second kappa shape index (κ2) is 11.0. The summed E-state index contributed by atoms with van der Waals surface area (Å²) in [7, 11) is -1.65. The van der Waals surface area contributed by atoms with E-state index in [-0.39, 0.29) is 0 Å². The van der Waals surface area contributed by atoms with Gasteiger partial charge in [-0.1, -0.05) is 108 Å². The van der Waals surface area contributed by atoms with E-state index in [1.165, 1.54) is 75.5 Å². The third-order valence-electron chi connectivity index (χ3n) is 8.39. The van der Waals surface area contributed by atoms with Crippen LogP contribution in [0.25, 0.3) is 0 Å². The molecule has 1 unspecified atom stereocenters. The number of nitrogens with zero attached hydrogens (tertiary/aromatic N) is 1. The summed E-state index contributed by atoms with van der Waals surface area (Å²) in [6, 6.07) is 0. The van der Waals surface area contributed by atoms with Crippen LogP contribution in [0.15, 0.2) is 0 Å². The van der Waals surface area contributed by atoms with Gasteiger partial charge in [0.1, 0.15) is 8.07 Å². The fourth-order valence-electron chi connectivity index (χ4n) is 6.44. The van der Waals surface area contributed by atoms with Crippen LogP contribution in [0.1, 0.15) is 121 Å². The molecule has 0 radical (unpaired) electrons. The Balaban J connectivity index is 7.05. The minimum Gasteiger partial charge on any atom is -0.322 e. The summed E-state index contributed by atoms with van der Waals surface area (Å²) >= 11 is 0. The molecule has 2 heteroatoms. The average molecular weight is 413 g/mol. The molecular formula is C26H58NSi+. The summed E-state index contributed by atoms with van der Waals surface area (Å²) < 4.78 is 1.40. The van der Waals surface area contributed by atoms with E-state index in [0.717, 1.165) is 0 Å². The minimum absolute atomic E-state index is 0.321. The van der Waals surface area contributed by atoms with E-state index in [9.17, 15) is 0 Å². The van der Waals surface area contributed by atoms with Crippen LogP contribution in [-0.4, -0.2) is 37.4 Å². The minimum atomic E-state index is -1.65. The molecule has 0 aliphatic heterocycles. The monoisotopic (exact) mass is 412 g/mol. The Morgan fingerprint density at radius 2 is 0.964 bits per heavy atom. The molecule has 0 aliphatic carbocycles. The van der Waals surface area contributed by atoms with Gasteiger partial charge in [-0.25, -0.2) is 0 Å². The molecule has 28 heavy (non-hydrogen) atoms. The number of rotatable bonds is 13. The van der Waals surface area contributed by atoms with Crippen molar-refractivity contribution < 1.29 is 4.48 Å². The van der Waals surface area contributed by atoms with Crippen molar-refractivity contribution in [3.63, 3.8) is 0 Å². The van der Waals surface area contributed by atoms with Gasteiger partial charge in [-0.2, -0.15) is 0 Å². The summed E-state index contributed by atoms with van der Waals surface area (Å²) in [4.78, 5) is 0. The van der Waals surface area contributed by atoms with Gasteiger partial charge in [0, 0.05) is 5.41 Å². The molecule has 0 aromatic carbocycles. The molecule has 0 fully saturated rings. The molecule has 0 aromatic rings. The van der Waals surface area contributed by atoms with Crippen molar-refractivity contribution in [1.29, 1.82) is 0 Å². The molecule has 0 saturated carbocycles. The van der Waals surface area contributed by atoms with E-state index in [4.69, 9.17) is 0 Å². The molecule has 1 nitrogen and oxygen atoms in total. The van der Waals surface area contributed by atoms with E-state index >= 15 is 0 Å². The quantitative estimate of drug-likeness (QED) is 0.209. The maximum absolute atomic E-state index is 2.75. The van der Waals surface area contributed by atoms with Gasteiger partial charge < -0.3 is 4.48 Å². The Labute approximate surface area is 181 Å². The topological polar surface area (TPSA) is 0 Å². The van der Waals surface area contributed by atoms with Gasteiger partial charge in [-0.15, -0.1) is 0 Å². The molecule has 0 aromatic heterocycles. The number of unbranched alkanes of at least 4 members (excludes halogenated alkanes) is 3. The van der Waals surface area contributed by atoms with E-state index < -0.39 is 8.07 Å². The summed E-state index contributed by atoms with van der Waals surface area (Å²) in [5.74, 6) is 0. The highest BCUT2D eigenvalue weighted by Crippen LogP contribution is 2.57. The van der Waals surface area contributed by atoms with Gasteiger partial charge in [-0.05, 0) is 30.7 Å². The highest BCUT2D eigenvalue weighted by atomic mass is 28.3. The largest absolute Gasteiger partial charge is 0.322 e. The van der Waals surface area contributed by atoms with Crippen LogP contribution < -0.4 is 0 Å². The zero-order chi connectivity index (χ0) is 22.3. The van der Waals surface area contributed by atoms with Crippen LogP contribution in [0.4, 0.5) is 0 Å². The van der Waals surface area contributed by atoms with Crippen molar-refractivity contribution in [2.75, 3.05) is 19.6 Å². The first kappa shape index (κ1) is 28.2. The van der Waals surface area contributed by atoms with E-state index in [0.29, 0.717) is 15.6 Å². The SMILES string of the molecule is CCCC[N+](CCCC)(CCCC)C(CCC)(C(C)(C)C)[Si](C)(C)C(C)(C)C. The Hall–Kier alpha value is 0.177. The van der Waals surface area contributed by atoms with Crippen LogP contribution in [0.5, 0.6) is 0 Å². The molecule has 0 bridgehead atoms. The van der Waals surface area contributed by atoms with Gasteiger partial charge in [0.25, 0.3) is 0 Å². The first-order valence-electron chi connectivity index (χ1n) is 12.6. The van der Waals surface area contributed by atoms with Gasteiger partial charge >= 0.3 is 0 Å². The Morgan fingerprint density at radius 3 is 1.18 bits per heavy atom. The van der Waals surface area contributed by atoms with E-state index in [1.807, 2.05) is 0 Å². The van der Waals surface area contributed by atoms with E-state index in [2.05, 4.69) is 82.3 Å². The molecule has 1 atom stereocenters. The third-order valence-corrected chi connectivity index (χ3v) is 15.7. The molecule has 0 heterocycles. The van der Waals surface area contributed by atoms with Crippen LogP contribution in [0.3, 0.4) is 0 Å². The number of hydrogen-bond donors (Lipinski definition) is 0. The molecule has 0 amide bonds. The lowest BCUT2D eigenvalue weighted by molar-refractivity contribution is -0.972. The van der Waals surface area contributed by atoms with Gasteiger partial charge in [0.2, 0.25) is 0 Å². The Bertz CT molecular complexity index is 405.